The molecule has 0 radical (unpaired) electrons. The van der Waals surface area contributed by atoms with Crippen LogP contribution in [0.4, 0.5) is 0 Å². The number of carbonyl (C=O) groups is 1. The quantitative estimate of drug-likeness (QED) is 0.128. The van der Waals surface area contributed by atoms with E-state index in [1.54, 1.807) is 18.0 Å². The Bertz CT molecular complexity index is 1460. The Morgan fingerprint density at radius 3 is 2.23 bits per heavy atom. The summed E-state index contributed by atoms with van der Waals surface area (Å²) in [6, 6.07) is 18.6. The Labute approximate surface area is 242 Å². The highest BCUT2D eigenvalue weighted by molar-refractivity contribution is 8.03. The first kappa shape index (κ1) is 29.1. The van der Waals surface area contributed by atoms with Gasteiger partial charge >= 0.3 is 0 Å². The smallest absolute Gasteiger partial charge is 0.250 e. The summed E-state index contributed by atoms with van der Waals surface area (Å²) < 4.78 is 1.62. The summed E-state index contributed by atoms with van der Waals surface area (Å²) in [6.07, 6.45) is 1.62. The van der Waals surface area contributed by atoms with Gasteiger partial charge in [-0.05, 0) is 44.9 Å². The first-order chi connectivity index (χ1) is 18.4. The second kappa shape index (κ2) is 12.1. The van der Waals surface area contributed by atoms with Crippen molar-refractivity contribution in [1.82, 2.24) is 15.6 Å². The third-order valence-corrected chi connectivity index (χ3v) is 9.34. The number of aromatic nitrogens is 2. The maximum absolute atomic E-state index is 12.4. The van der Waals surface area contributed by atoms with Crippen LogP contribution in [0.25, 0.3) is 10.8 Å². The molecular formula is C30H34N4O2S3. The number of benzene rings is 3. The fourth-order valence-corrected chi connectivity index (χ4v) is 6.90. The van der Waals surface area contributed by atoms with Crippen LogP contribution in [0.1, 0.15) is 63.8 Å². The standard InChI is InChI=1S/C30H34N4O2S3/c1-29(2,3)23-14-19(15-24(26(23)36)30(4,5)6)16-31-32-25(35)18-38-28-34-33-27(39-28)37-17-21-12-9-11-20-10-7-8-13-22(20)21/h7-16,36H,17-18H2,1-6H3,(H,32,35)/b31-16-. The van der Waals surface area contributed by atoms with Crippen molar-refractivity contribution >= 4 is 57.8 Å². The number of thioether (sulfide) groups is 2. The Morgan fingerprint density at radius 2 is 1.56 bits per heavy atom. The predicted molar refractivity (Wildman–Crippen MR) is 165 cm³/mol. The molecule has 1 amide bonds. The van der Waals surface area contributed by atoms with Crippen LogP contribution in [0.15, 0.2) is 68.4 Å². The summed E-state index contributed by atoms with van der Waals surface area (Å²) in [4.78, 5) is 12.4. The van der Waals surface area contributed by atoms with Crippen molar-refractivity contribution in [3.63, 3.8) is 0 Å². The molecule has 4 aromatic rings. The van der Waals surface area contributed by atoms with E-state index in [4.69, 9.17) is 0 Å². The topological polar surface area (TPSA) is 87.5 Å². The molecular weight excluding hydrogens is 545 g/mol. The van der Waals surface area contributed by atoms with Gasteiger partial charge in [-0.3, -0.25) is 4.79 Å². The monoisotopic (exact) mass is 578 g/mol. The fraction of sp³-hybridized carbons (Fsp3) is 0.333. The lowest BCUT2D eigenvalue weighted by molar-refractivity contribution is -0.118. The van der Waals surface area contributed by atoms with Crippen LogP contribution < -0.4 is 5.43 Å². The van der Waals surface area contributed by atoms with Crippen LogP contribution >= 0.6 is 34.9 Å². The van der Waals surface area contributed by atoms with Gasteiger partial charge in [0.15, 0.2) is 8.68 Å². The van der Waals surface area contributed by atoms with Gasteiger partial charge in [0.05, 0.1) is 12.0 Å². The van der Waals surface area contributed by atoms with Crippen molar-refractivity contribution in [2.24, 2.45) is 5.10 Å². The Balaban J connectivity index is 1.32. The zero-order chi connectivity index (χ0) is 28.2. The van der Waals surface area contributed by atoms with Crippen LogP contribution in [0.2, 0.25) is 0 Å². The minimum atomic E-state index is -0.235. The number of hydrogen-bond acceptors (Lipinski definition) is 8. The molecule has 0 aliphatic rings. The van der Waals surface area contributed by atoms with Gasteiger partial charge in [0.2, 0.25) is 0 Å². The lowest BCUT2D eigenvalue weighted by Crippen LogP contribution is -2.20. The highest BCUT2D eigenvalue weighted by Gasteiger charge is 2.26. The van der Waals surface area contributed by atoms with Gasteiger partial charge in [0.25, 0.3) is 5.91 Å². The first-order valence-electron chi connectivity index (χ1n) is 12.7. The van der Waals surface area contributed by atoms with Gasteiger partial charge in [-0.25, -0.2) is 5.43 Å². The lowest BCUT2D eigenvalue weighted by atomic mass is 9.78. The number of phenols is 1. The molecule has 0 aliphatic carbocycles. The maximum atomic E-state index is 12.4. The fourth-order valence-electron chi connectivity index (χ4n) is 4.08. The van der Waals surface area contributed by atoms with E-state index >= 15 is 0 Å². The van der Waals surface area contributed by atoms with E-state index in [9.17, 15) is 9.90 Å². The van der Waals surface area contributed by atoms with Crippen molar-refractivity contribution in [3.05, 3.63) is 76.9 Å². The van der Waals surface area contributed by atoms with Gasteiger partial charge in [-0.1, -0.05) is 119 Å². The van der Waals surface area contributed by atoms with Crippen molar-refractivity contribution in [2.45, 2.75) is 66.8 Å². The highest BCUT2D eigenvalue weighted by atomic mass is 32.2. The van der Waals surface area contributed by atoms with Crippen molar-refractivity contribution in [2.75, 3.05) is 5.75 Å². The molecule has 4 rings (SSSR count). The highest BCUT2D eigenvalue weighted by Crippen LogP contribution is 2.39. The molecule has 2 N–H and O–H groups in total. The van der Waals surface area contributed by atoms with Crippen LogP contribution in [0, 0.1) is 0 Å². The normalized spacial score (nSPS) is 12.4. The van der Waals surface area contributed by atoms with Gasteiger partial charge in [-0.15, -0.1) is 10.2 Å². The summed E-state index contributed by atoms with van der Waals surface area (Å²) in [5.74, 6) is 1.10. The minimum absolute atomic E-state index is 0.190. The molecule has 9 heteroatoms. The molecule has 1 heterocycles. The minimum Gasteiger partial charge on any atom is -0.507 e. The summed E-state index contributed by atoms with van der Waals surface area (Å²) in [7, 11) is 0. The molecule has 0 atom stereocenters. The van der Waals surface area contributed by atoms with Crippen molar-refractivity contribution in [1.29, 1.82) is 0 Å². The number of rotatable bonds is 8. The molecule has 1 aromatic heterocycles. The zero-order valence-corrected chi connectivity index (χ0v) is 25.6. The van der Waals surface area contributed by atoms with E-state index in [1.807, 2.05) is 18.2 Å². The number of amides is 1. The number of carbonyl (C=O) groups excluding carboxylic acids is 1. The van der Waals surface area contributed by atoms with Crippen LogP contribution in [-0.4, -0.2) is 33.2 Å². The van der Waals surface area contributed by atoms with Crippen LogP contribution in [-0.2, 0) is 21.4 Å². The van der Waals surface area contributed by atoms with E-state index in [-0.39, 0.29) is 22.5 Å². The molecule has 39 heavy (non-hydrogen) atoms. The summed E-state index contributed by atoms with van der Waals surface area (Å²) in [6.45, 7) is 12.4. The lowest BCUT2D eigenvalue weighted by Gasteiger charge is -2.27. The molecule has 0 aliphatic heterocycles. The van der Waals surface area contributed by atoms with Gasteiger partial charge < -0.3 is 5.11 Å². The number of hydrazone groups is 1. The Morgan fingerprint density at radius 1 is 0.949 bits per heavy atom. The van der Waals surface area contributed by atoms with Crippen LogP contribution in [0.5, 0.6) is 5.75 Å². The molecule has 0 bridgehead atoms. The second-order valence-corrected chi connectivity index (χ2v) is 14.7. The first-order valence-corrected chi connectivity index (χ1v) is 15.5. The second-order valence-electron chi connectivity index (χ2n) is 11.3. The molecule has 0 unspecified atom stereocenters. The van der Waals surface area contributed by atoms with E-state index in [0.717, 1.165) is 31.1 Å². The molecule has 0 saturated heterocycles. The van der Waals surface area contributed by atoms with Crippen molar-refractivity contribution in [3.8, 4) is 5.75 Å². The molecule has 0 spiro atoms. The Kier molecular flexibility index (Phi) is 9.03. The molecule has 204 valence electrons. The van der Waals surface area contributed by atoms with Crippen LogP contribution in [0.3, 0.4) is 0 Å². The maximum Gasteiger partial charge on any atom is 0.250 e. The average Bonchev–Trinajstić information content (AvgIpc) is 3.33. The van der Waals surface area contributed by atoms with Gasteiger partial charge in [0, 0.05) is 16.9 Å². The SMILES string of the molecule is CC(C)(C)c1cc(/C=N\NC(=O)CSc2nnc(SCc3cccc4ccccc34)s2)cc(C(C)(C)C)c1O. The third-order valence-electron chi connectivity index (χ3n) is 6.10. The summed E-state index contributed by atoms with van der Waals surface area (Å²) in [5, 5.41) is 26.0. The number of fused-ring (bicyclic) bond motifs is 1. The van der Waals surface area contributed by atoms with Gasteiger partial charge in [-0.2, -0.15) is 5.10 Å². The Hall–Kier alpha value is -2.88. The molecule has 3 aromatic carbocycles. The number of hydrogen-bond donors (Lipinski definition) is 2. The zero-order valence-electron chi connectivity index (χ0n) is 23.1. The molecule has 6 nitrogen and oxygen atoms in total. The van der Waals surface area contributed by atoms with E-state index in [2.05, 4.69) is 98.7 Å². The average molecular weight is 579 g/mol. The van der Waals surface area contributed by atoms with Crippen molar-refractivity contribution < 1.29 is 9.90 Å². The van der Waals surface area contributed by atoms with E-state index in [1.165, 1.54) is 39.4 Å². The summed E-state index contributed by atoms with van der Waals surface area (Å²) >= 11 is 4.49. The number of aromatic hydroxyl groups is 1. The number of nitrogens with zero attached hydrogens (tertiary/aromatic N) is 3. The largest absolute Gasteiger partial charge is 0.507 e. The van der Waals surface area contributed by atoms with E-state index < -0.39 is 0 Å². The third kappa shape index (κ3) is 7.62. The molecule has 0 saturated carbocycles. The van der Waals surface area contributed by atoms with Gasteiger partial charge in [0.1, 0.15) is 5.75 Å². The summed E-state index contributed by atoms with van der Waals surface area (Å²) in [5.41, 5.74) is 5.92. The predicted octanol–water partition coefficient (Wildman–Crippen LogP) is 7.53. The van der Waals surface area contributed by atoms with E-state index in [0.29, 0.717) is 5.75 Å². The molecule has 0 fully saturated rings. The number of nitrogens with one attached hydrogen (secondary N) is 1. The number of phenolic OH excluding ortho intramolecular Hbond substituents is 1.